The van der Waals surface area contributed by atoms with Crippen LogP contribution in [0.4, 0.5) is 5.82 Å². The molecule has 1 aliphatic rings. The number of hydrogen-bond acceptors (Lipinski definition) is 4. The summed E-state index contributed by atoms with van der Waals surface area (Å²) in [6, 6.07) is 8.23. The van der Waals surface area contributed by atoms with Gasteiger partial charge in [0.1, 0.15) is 6.07 Å². The highest BCUT2D eigenvalue weighted by Gasteiger charge is 2.21. The standard InChI is InChI=1S/C15H17N5/c1-11-5-6-13(9-12(11)2)20-17-14(10-16)15(18-20)19-7-3-4-8-19/h5-6,9H,3-4,7-8H2,1-2H3. The molecule has 5 heteroatoms. The normalized spacial score (nSPS) is 14.6. The molecule has 0 saturated carbocycles. The van der Waals surface area contributed by atoms with E-state index < -0.39 is 0 Å². The monoisotopic (exact) mass is 267 g/mol. The Bertz CT molecular complexity index is 674. The molecular formula is C15H17N5. The van der Waals surface area contributed by atoms with Crippen LogP contribution >= 0.6 is 0 Å². The summed E-state index contributed by atoms with van der Waals surface area (Å²) in [5, 5.41) is 18.1. The Balaban J connectivity index is 2.02. The second-order valence-electron chi connectivity index (χ2n) is 5.24. The molecule has 0 bridgehead atoms. The minimum Gasteiger partial charge on any atom is -0.353 e. The second-order valence-corrected chi connectivity index (χ2v) is 5.24. The first-order valence-corrected chi connectivity index (χ1v) is 6.89. The predicted octanol–water partition coefficient (Wildman–Crippen LogP) is 2.36. The molecule has 2 heterocycles. The Kier molecular flexibility index (Phi) is 3.15. The van der Waals surface area contributed by atoms with Gasteiger partial charge in [0, 0.05) is 13.1 Å². The molecule has 0 N–H and O–H groups in total. The zero-order valence-corrected chi connectivity index (χ0v) is 11.8. The van der Waals surface area contributed by atoms with Crippen molar-refractivity contribution < 1.29 is 0 Å². The van der Waals surface area contributed by atoms with Crippen LogP contribution in [0.5, 0.6) is 0 Å². The molecule has 2 aromatic rings. The number of nitrogens with zero attached hydrogens (tertiary/aromatic N) is 5. The molecule has 20 heavy (non-hydrogen) atoms. The summed E-state index contributed by atoms with van der Waals surface area (Å²) in [4.78, 5) is 3.71. The molecular weight excluding hydrogens is 250 g/mol. The zero-order chi connectivity index (χ0) is 14.1. The van der Waals surface area contributed by atoms with Crippen molar-refractivity contribution in [3.05, 3.63) is 35.0 Å². The number of aromatic nitrogens is 3. The van der Waals surface area contributed by atoms with Crippen LogP contribution in [0.1, 0.15) is 29.7 Å². The van der Waals surface area contributed by atoms with Gasteiger partial charge in [-0.1, -0.05) is 6.07 Å². The molecule has 0 aliphatic carbocycles. The van der Waals surface area contributed by atoms with E-state index in [1.54, 1.807) is 4.80 Å². The molecule has 1 aromatic heterocycles. The fourth-order valence-electron chi connectivity index (χ4n) is 2.48. The Morgan fingerprint density at radius 1 is 1.10 bits per heavy atom. The predicted molar refractivity (Wildman–Crippen MR) is 77.0 cm³/mol. The van der Waals surface area contributed by atoms with Gasteiger partial charge in [0.25, 0.3) is 0 Å². The first kappa shape index (κ1) is 12.7. The Morgan fingerprint density at radius 3 is 2.50 bits per heavy atom. The third-order valence-electron chi connectivity index (χ3n) is 3.83. The number of benzene rings is 1. The Labute approximate surface area is 118 Å². The maximum absolute atomic E-state index is 9.25. The molecule has 0 spiro atoms. The van der Waals surface area contributed by atoms with Crippen molar-refractivity contribution in [3.63, 3.8) is 0 Å². The Morgan fingerprint density at radius 2 is 1.85 bits per heavy atom. The lowest BCUT2D eigenvalue weighted by molar-refractivity contribution is 0.742. The van der Waals surface area contributed by atoms with Crippen LogP contribution in [0.3, 0.4) is 0 Å². The van der Waals surface area contributed by atoms with Crippen molar-refractivity contribution in [2.45, 2.75) is 26.7 Å². The van der Waals surface area contributed by atoms with Crippen LogP contribution in [0.15, 0.2) is 18.2 Å². The average molecular weight is 267 g/mol. The lowest BCUT2D eigenvalue weighted by Crippen LogP contribution is -2.19. The van der Waals surface area contributed by atoms with E-state index in [-0.39, 0.29) is 0 Å². The summed E-state index contributed by atoms with van der Waals surface area (Å²) in [6.45, 7) is 6.06. The van der Waals surface area contributed by atoms with Crippen molar-refractivity contribution in [1.29, 1.82) is 5.26 Å². The van der Waals surface area contributed by atoms with Crippen molar-refractivity contribution in [2.24, 2.45) is 0 Å². The van der Waals surface area contributed by atoms with Gasteiger partial charge in [0.15, 0.2) is 5.82 Å². The molecule has 1 aliphatic heterocycles. The van der Waals surface area contributed by atoms with Gasteiger partial charge < -0.3 is 4.90 Å². The van der Waals surface area contributed by atoms with Crippen molar-refractivity contribution in [1.82, 2.24) is 15.0 Å². The lowest BCUT2D eigenvalue weighted by Gasteiger charge is -2.12. The summed E-state index contributed by atoms with van der Waals surface area (Å²) >= 11 is 0. The van der Waals surface area contributed by atoms with E-state index in [0.717, 1.165) is 31.6 Å². The number of aryl methyl sites for hydroxylation is 2. The fourth-order valence-corrected chi connectivity index (χ4v) is 2.48. The van der Waals surface area contributed by atoms with Gasteiger partial charge in [-0.15, -0.1) is 15.0 Å². The van der Waals surface area contributed by atoms with Crippen molar-refractivity contribution in [3.8, 4) is 11.8 Å². The Hall–Kier alpha value is -2.35. The van der Waals surface area contributed by atoms with E-state index in [0.29, 0.717) is 11.5 Å². The maximum atomic E-state index is 9.25. The van der Waals surface area contributed by atoms with E-state index in [1.807, 2.05) is 12.1 Å². The van der Waals surface area contributed by atoms with Gasteiger partial charge in [-0.25, -0.2) is 0 Å². The van der Waals surface area contributed by atoms with Crippen LogP contribution < -0.4 is 4.90 Å². The third kappa shape index (κ3) is 2.14. The van der Waals surface area contributed by atoms with Crippen LogP contribution in [-0.4, -0.2) is 28.1 Å². The number of anilines is 1. The summed E-state index contributed by atoms with van der Waals surface area (Å²) in [6.07, 6.45) is 2.31. The first-order chi connectivity index (χ1) is 9.69. The largest absolute Gasteiger partial charge is 0.353 e. The van der Waals surface area contributed by atoms with E-state index in [1.165, 1.54) is 11.1 Å². The molecule has 1 saturated heterocycles. The maximum Gasteiger partial charge on any atom is 0.207 e. The van der Waals surface area contributed by atoms with E-state index in [9.17, 15) is 5.26 Å². The third-order valence-corrected chi connectivity index (χ3v) is 3.83. The molecule has 0 radical (unpaired) electrons. The van der Waals surface area contributed by atoms with E-state index >= 15 is 0 Å². The summed E-state index contributed by atoms with van der Waals surface area (Å²) < 4.78 is 0. The van der Waals surface area contributed by atoms with Gasteiger partial charge in [-0.05, 0) is 49.9 Å². The molecule has 1 aromatic carbocycles. The number of rotatable bonds is 2. The van der Waals surface area contributed by atoms with Crippen LogP contribution in [0, 0.1) is 25.2 Å². The highest BCUT2D eigenvalue weighted by Crippen LogP contribution is 2.22. The van der Waals surface area contributed by atoms with Crippen LogP contribution in [0.25, 0.3) is 5.69 Å². The minimum atomic E-state index is 0.408. The van der Waals surface area contributed by atoms with Crippen LogP contribution in [-0.2, 0) is 0 Å². The number of nitriles is 1. The summed E-state index contributed by atoms with van der Waals surface area (Å²) in [7, 11) is 0. The van der Waals surface area contributed by atoms with Crippen molar-refractivity contribution >= 4 is 5.82 Å². The molecule has 0 unspecified atom stereocenters. The summed E-state index contributed by atoms with van der Waals surface area (Å²) in [5.74, 6) is 0.711. The van der Waals surface area contributed by atoms with Crippen LogP contribution in [0.2, 0.25) is 0 Å². The van der Waals surface area contributed by atoms with E-state index in [2.05, 4.69) is 41.1 Å². The SMILES string of the molecule is Cc1ccc(-n2nc(C#N)c(N3CCCC3)n2)cc1C. The topological polar surface area (TPSA) is 57.7 Å². The fraction of sp³-hybridized carbons (Fsp3) is 0.400. The van der Waals surface area contributed by atoms with Gasteiger partial charge in [0.05, 0.1) is 5.69 Å². The highest BCUT2D eigenvalue weighted by molar-refractivity contribution is 5.51. The molecule has 1 fully saturated rings. The van der Waals surface area contributed by atoms with Gasteiger partial charge in [0.2, 0.25) is 5.69 Å². The second kappa shape index (κ2) is 4.97. The first-order valence-electron chi connectivity index (χ1n) is 6.89. The zero-order valence-electron chi connectivity index (χ0n) is 11.8. The molecule has 3 rings (SSSR count). The van der Waals surface area contributed by atoms with Gasteiger partial charge >= 0.3 is 0 Å². The highest BCUT2D eigenvalue weighted by atomic mass is 15.5. The van der Waals surface area contributed by atoms with Crippen molar-refractivity contribution in [2.75, 3.05) is 18.0 Å². The lowest BCUT2D eigenvalue weighted by atomic mass is 10.1. The molecule has 0 atom stereocenters. The molecule has 5 nitrogen and oxygen atoms in total. The van der Waals surface area contributed by atoms with E-state index in [4.69, 9.17) is 0 Å². The average Bonchev–Trinajstić information content (AvgIpc) is 3.09. The molecule has 102 valence electrons. The molecule has 0 amide bonds. The van der Waals surface area contributed by atoms with Gasteiger partial charge in [-0.3, -0.25) is 0 Å². The number of hydrogen-bond donors (Lipinski definition) is 0. The smallest absolute Gasteiger partial charge is 0.207 e. The minimum absolute atomic E-state index is 0.408. The van der Waals surface area contributed by atoms with Gasteiger partial charge in [-0.2, -0.15) is 5.26 Å². The quantitative estimate of drug-likeness (QED) is 0.838. The summed E-state index contributed by atoms with van der Waals surface area (Å²) in [5.41, 5.74) is 3.74.